The van der Waals surface area contributed by atoms with Crippen molar-refractivity contribution in [2.45, 2.75) is 32.6 Å². The lowest BCUT2D eigenvalue weighted by Gasteiger charge is -2.01. The number of allylic oxidation sites excluding steroid dienone is 1. The van der Waals surface area contributed by atoms with Crippen LogP contribution in [-0.2, 0) is 11.2 Å². The predicted octanol–water partition coefficient (Wildman–Crippen LogP) is 3.54. The van der Waals surface area contributed by atoms with Gasteiger partial charge in [-0.05, 0) is 25.3 Å². The van der Waals surface area contributed by atoms with Gasteiger partial charge in [0.2, 0.25) is 0 Å². The molecule has 0 saturated heterocycles. The molecule has 0 saturated carbocycles. The molecule has 0 atom stereocenters. The highest BCUT2D eigenvalue weighted by Crippen LogP contribution is 2.07. The van der Waals surface area contributed by atoms with E-state index < -0.39 is 0 Å². The van der Waals surface area contributed by atoms with Gasteiger partial charge < -0.3 is 0 Å². The van der Waals surface area contributed by atoms with Gasteiger partial charge in [0.25, 0.3) is 0 Å². The highest BCUT2D eigenvalue weighted by Gasteiger charge is 2.01. The molecule has 0 bridgehead atoms. The van der Waals surface area contributed by atoms with Gasteiger partial charge in [-0.15, -0.1) is 0 Å². The molecule has 1 aromatic rings. The maximum atomic E-state index is 11.4. The highest BCUT2D eigenvalue weighted by molar-refractivity contribution is 5.80. The van der Waals surface area contributed by atoms with Gasteiger partial charge in [-0.3, -0.25) is 4.79 Å². The zero-order valence-corrected chi connectivity index (χ0v) is 9.33. The normalized spacial score (nSPS) is 9.93. The van der Waals surface area contributed by atoms with Crippen molar-refractivity contribution in [2.24, 2.45) is 0 Å². The zero-order chi connectivity index (χ0) is 11.1. The van der Waals surface area contributed by atoms with E-state index in [4.69, 9.17) is 0 Å². The summed E-state index contributed by atoms with van der Waals surface area (Å²) in [5.74, 6) is 0.304. The first-order valence-electron chi connectivity index (χ1n) is 5.38. The van der Waals surface area contributed by atoms with Gasteiger partial charge in [0.15, 0.2) is 0 Å². The quantitative estimate of drug-likeness (QED) is 0.645. The fourth-order valence-electron chi connectivity index (χ4n) is 1.56. The lowest BCUT2D eigenvalue weighted by atomic mass is 10.0. The summed E-state index contributed by atoms with van der Waals surface area (Å²) in [4.78, 5) is 11.4. The minimum atomic E-state index is 0.304. The van der Waals surface area contributed by atoms with E-state index in [1.807, 2.05) is 25.1 Å². The molecule has 0 unspecified atom stereocenters. The molecule has 1 rings (SSSR count). The van der Waals surface area contributed by atoms with Crippen LogP contribution in [0.2, 0.25) is 0 Å². The largest absolute Gasteiger partial charge is 0.299 e. The van der Waals surface area contributed by atoms with E-state index in [1.54, 1.807) is 0 Å². The molecular formula is C14H18O. The molecule has 0 aromatic heterocycles. The fraction of sp³-hybridized carbons (Fsp3) is 0.357. The lowest BCUT2D eigenvalue weighted by Crippen LogP contribution is -1.99. The average molecular weight is 202 g/mol. The smallest absolute Gasteiger partial charge is 0.136 e. The molecule has 1 aromatic carbocycles. The van der Waals surface area contributed by atoms with Crippen LogP contribution in [0.3, 0.4) is 0 Å². The Morgan fingerprint density at radius 3 is 2.53 bits per heavy atom. The molecule has 0 aliphatic rings. The van der Waals surface area contributed by atoms with Gasteiger partial charge >= 0.3 is 0 Å². The van der Waals surface area contributed by atoms with E-state index in [0.29, 0.717) is 18.6 Å². The summed E-state index contributed by atoms with van der Waals surface area (Å²) in [6.07, 6.45) is 3.13. The number of hydrogen-bond donors (Lipinski definition) is 0. The van der Waals surface area contributed by atoms with Crippen LogP contribution in [0.4, 0.5) is 0 Å². The fourth-order valence-corrected chi connectivity index (χ4v) is 1.56. The van der Waals surface area contributed by atoms with E-state index in [1.165, 1.54) is 5.56 Å². The van der Waals surface area contributed by atoms with E-state index in [2.05, 4.69) is 18.7 Å². The SMILES string of the molecule is C=C(C)CC(=O)CCCc1ccccc1. The van der Waals surface area contributed by atoms with Crippen LogP contribution < -0.4 is 0 Å². The van der Waals surface area contributed by atoms with Crippen molar-refractivity contribution in [3.63, 3.8) is 0 Å². The van der Waals surface area contributed by atoms with Crippen LogP contribution in [0, 0.1) is 0 Å². The van der Waals surface area contributed by atoms with Gasteiger partial charge in [0.05, 0.1) is 0 Å². The summed E-state index contributed by atoms with van der Waals surface area (Å²) >= 11 is 0. The Morgan fingerprint density at radius 1 is 1.27 bits per heavy atom. The Bertz CT molecular complexity index is 324. The van der Waals surface area contributed by atoms with Gasteiger partial charge in [0, 0.05) is 12.8 Å². The highest BCUT2D eigenvalue weighted by atomic mass is 16.1. The van der Waals surface area contributed by atoms with Crippen molar-refractivity contribution < 1.29 is 4.79 Å². The molecule has 0 radical (unpaired) electrons. The molecule has 0 amide bonds. The first-order valence-corrected chi connectivity index (χ1v) is 5.38. The molecular weight excluding hydrogens is 184 g/mol. The second kappa shape index (κ2) is 6.18. The third-order valence-electron chi connectivity index (χ3n) is 2.26. The van der Waals surface area contributed by atoms with Gasteiger partial charge in [-0.25, -0.2) is 0 Å². The van der Waals surface area contributed by atoms with Crippen molar-refractivity contribution in [1.82, 2.24) is 0 Å². The Balaban J connectivity index is 2.22. The van der Waals surface area contributed by atoms with E-state index in [-0.39, 0.29) is 0 Å². The van der Waals surface area contributed by atoms with Crippen molar-refractivity contribution in [1.29, 1.82) is 0 Å². The summed E-state index contributed by atoms with van der Waals surface area (Å²) in [6.45, 7) is 5.64. The van der Waals surface area contributed by atoms with Crippen molar-refractivity contribution in [3.8, 4) is 0 Å². The molecule has 1 nitrogen and oxygen atoms in total. The number of ketones is 1. The van der Waals surface area contributed by atoms with E-state index in [0.717, 1.165) is 18.4 Å². The number of carbonyl (C=O) groups excluding carboxylic acids is 1. The van der Waals surface area contributed by atoms with Crippen LogP contribution >= 0.6 is 0 Å². The lowest BCUT2D eigenvalue weighted by molar-refractivity contribution is -0.118. The summed E-state index contributed by atoms with van der Waals surface area (Å²) in [6, 6.07) is 10.3. The molecule has 15 heavy (non-hydrogen) atoms. The molecule has 0 aliphatic carbocycles. The van der Waals surface area contributed by atoms with Crippen LogP contribution in [0.5, 0.6) is 0 Å². The first kappa shape index (κ1) is 11.7. The third-order valence-corrected chi connectivity index (χ3v) is 2.26. The molecule has 0 heterocycles. The first-order chi connectivity index (χ1) is 7.18. The van der Waals surface area contributed by atoms with Gasteiger partial charge in [0.1, 0.15) is 5.78 Å². The molecule has 0 spiro atoms. The number of rotatable bonds is 6. The van der Waals surface area contributed by atoms with Crippen LogP contribution in [0.15, 0.2) is 42.5 Å². The van der Waals surface area contributed by atoms with Gasteiger partial charge in [-0.1, -0.05) is 42.5 Å². The second-order valence-electron chi connectivity index (χ2n) is 4.01. The van der Waals surface area contributed by atoms with Crippen molar-refractivity contribution in [2.75, 3.05) is 0 Å². The topological polar surface area (TPSA) is 17.1 Å². The summed E-state index contributed by atoms with van der Waals surface area (Å²) < 4.78 is 0. The number of aryl methyl sites for hydroxylation is 1. The molecule has 0 aliphatic heterocycles. The Morgan fingerprint density at radius 2 is 1.93 bits per heavy atom. The summed E-state index contributed by atoms with van der Waals surface area (Å²) in [7, 11) is 0. The van der Waals surface area contributed by atoms with E-state index >= 15 is 0 Å². The molecule has 1 heteroatoms. The number of Topliss-reactive ketones (excluding diaryl/α,β-unsaturated/α-hetero) is 1. The predicted molar refractivity (Wildman–Crippen MR) is 63.8 cm³/mol. The van der Waals surface area contributed by atoms with Crippen LogP contribution in [0.1, 0.15) is 31.7 Å². The summed E-state index contributed by atoms with van der Waals surface area (Å²) in [5.41, 5.74) is 2.26. The standard InChI is InChI=1S/C14H18O/c1-12(2)11-14(15)10-6-9-13-7-4-3-5-8-13/h3-5,7-8H,1,6,9-11H2,2H3. The molecule has 80 valence electrons. The van der Waals surface area contributed by atoms with Gasteiger partial charge in [-0.2, -0.15) is 0 Å². The molecule has 0 fully saturated rings. The van der Waals surface area contributed by atoms with Crippen molar-refractivity contribution >= 4 is 5.78 Å². The third kappa shape index (κ3) is 5.16. The Kier molecular flexibility index (Phi) is 4.82. The number of carbonyl (C=O) groups is 1. The average Bonchev–Trinajstić information content (AvgIpc) is 2.18. The monoisotopic (exact) mass is 202 g/mol. The van der Waals surface area contributed by atoms with Crippen LogP contribution in [-0.4, -0.2) is 5.78 Å². The second-order valence-corrected chi connectivity index (χ2v) is 4.01. The maximum absolute atomic E-state index is 11.4. The Labute approximate surface area is 91.8 Å². The summed E-state index contributed by atoms with van der Waals surface area (Å²) in [5, 5.41) is 0. The zero-order valence-electron chi connectivity index (χ0n) is 9.33. The molecule has 0 N–H and O–H groups in total. The minimum Gasteiger partial charge on any atom is -0.299 e. The van der Waals surface area contributed by atoms with Crippen LogP contribution in [0.25, 0.3) is 0 Å². The minimum absolute atomic E-state index is 0.304. The van der Waals surface area contributed by atoms with Crippen molar-refractivity contribution in [3.05, 3.63) is 48.0 Å². The van der Waals surface area contributed by atoms with E-state index in [9.17, 15) is 4.79 Å². The number of hydrogen-bond acceptors (Lipinski definition) is 1. The maximum Gasteiger partial charge on any atom is 0.136 e. The Hall–Kier alpha value is -1.37. The number of benzene rings is 1.